The van der Waals surface area contributed by atoms with Gasteiger partial charge in [0.05, 0.1) is 0 Å². The maximum Gasteiger partial charge on any atom is 0.126 e. The lowest BCUT2D eigenvalue weighted by Crippen LogP contribution is -1.98. The Morgan fingerprint density at radius 2 is 2.06 bits per heavy atom. The van der Waals surface area contributed by atoms with E-state index in [-0.39, 0.29) is 0 Å². The Kier molecular flexibility index (Phi) is 6.15. The minimum Gasteiger partial charge on any atom is -0.462 e. The van der Waals surface area contributed by atoms with Crippen molar-refractivity contribution in [2.24, 2.45) is 0 Å². The van der Waals surface area contributed by atoms with Gasteiger partial charge in [-0.2, -0.15) is 0 Å². The Morgan fingerprint density at radius 1 is 1.35 bits per heavy atom. The number of rotatable bonds is 6. The lowest BCUT2D eigenvalue weighted by molar-refractivity contribution is 0.428. The van der Waals surface area contributed by atoms with Crippen molar-refractivity contribution in [2.45, 2.75) is 13.5 Å². The Hall–Kier alpha value is -1.51. The van der Waals surface area contributed by atoms with Crippen molar-refractivity contribution in [3.05, 3.63) is 66.5 Å². The standard InChI is InChI=1S/C14H16ClNO/c1-3-4-5-6-12(2)17-14-9-7-13(8-10-14)11-16-15/h3-10,16H,1,11H2,2H3/b5-4-,12-6+. The second kappa shape index (κ2) is 7.71. The van der Waals surface area contributed by atoms with Crippen molar-refractivity contribution in [3.8, 4) is 5.75 Å². The average Bonchev–Trinajstić information content (AvgIpc) is 2.32. The van der Waals surface area contributed by atoms with E-state index in [1.165, 1.54) is 0 Å². The maximum atomic E-state index is 5.62. The molecule has 0 fully saturated rings. The molecule has 17 heavy (non-hydrogen) atoms. The van der Waals surface area contributed by atoms with Crippen LogP contribution in [0.2, 0.25) is 0 Å². The monoisotopic (exact) mass is 249 g/mol. The maximum absolute atomic E-state index is 5.62. The van der Waals surface area contributed by atoms with E-state index >= 15 is 0 Å². The van der Waals surface area contributed by atoms with E-state index < -0.39 is 0 Å². The van der Waals surface area contributed by atoms with Crippen LogP contribution in [0.4, 0.5) is 0 Å². The lowest BCUT2D eigenvalue weighted by Gasteiger charge is -2.06. The van der Waals surface area contributed by atoms with Crippen molar-refractivity contribution in [1.82, 2.24) is 4.84 Å². The highest BCUT2D eigenvalue weighted by atomic mass is 35.5. The van der Waals surface area contributed by atoms with Crippen molar-refractivity contribution in [3.63, 3.8) is 0 Å². The van der Waals surface area contributed by atoms with E-state index in [0.29, 0.717) is 6.54 Å². The Morgan fingerprint density at radius 3 is 2.65 bits per heavy atom. The predicted octanol–water partition coefficient (Wildman–Crippen LogP) is 3.95. The van der Waals surface area contributed by atoms with E-state index in [9.17, 15) is 0 Å². The number of benzene rings is 1. The second-order valence-electron chi connectivity index (χ2n) is 3.45. The summed E-state index contributed by atoms with van der Waals surface area (Å²) in [5, 5.41) is 0. The van der Waals surface area contributed by atoms with Crippen LogP contribution in [-0.4, -0.2) is 0 Å². The third-order valence-corrected chi connectivity index (χ3v) is 2.18. The van der Waals surface area contributed by atoms with Crippen LogP contribution in [0, 0.1) is 0 Å². The fourth-order valence-corrected chi connectivity index (χ4v) is 1.40. The average molecular weight is 250 g/mol. The van der Waals surface area contributed by atoms with Crippen LogP contribution in [0.25, 0.3) is 0 Å². The summed E-state index contributed by atoms with van der Waals surface area (Å²) in [6.45, 7) is 6.14. The molecular weight excluding hydrogens is 234 g/mol. The first-order chi connectivity index (χ1) is 8.26. The van der Waals surface area contributed by atoms with Crippen molar-refractivity contribution < 1.29 is 4.74 Å². The minimum absolute atomic E-state index is 0.638. The van der Waals surface area contributed by atoms with Crippen LogP contribution in [0.5, 0.6) is 5.75 Å². The van der Waals surface area contributed by atoms with Crippen molar-refractivity contribution in [1.29, 1.82) is 0 Å². The van der Waals surface area contributed by atoms with E-state index in [0.717, 1.165) is 17.1 Å². The van der Waals surface area contributed by atoms with Gasteiger partial charge in [0, 0.05) is 6.54 Å². The number of ether oxygens (including phenoxy) is 1. The normalized spacial score (nSPS) is 11.8. The summed E-state index contributed by atoms with van der Waals surface area (Å²) in [5.41, 5.74) is 1.11. The molecule has 1 N–H and O–H groups in total. The molecular formula is C14H16ClNO. The van der Waals surface area contributed by atoms with Gasteiger partial charge in [0.2, 0.25) is 0 Å². The van der Waals surface area contributed by atoms with E-state index in [2.05, 4.69) is 11.4 Å². The van der Waals surface area contributed by atoms with Gasteiger partial charge in [0.15, 0.2) is 0 Å². The first kappa shape index (κ1) is 13.6. The highest BCUT2D eigenvalue weighted by Gasteiger charge is 1.95. The molecule has 0 heterocycles. The van der Waals surface area contributed by atoms with E-state index in [4.69, 9.17) is 16.5 Å². The zero-order chi connectivity index (χ0) is 12.5. The van der Waals surface area contributed by atoms with Gasteiger partial charge in [-0.3, -0.25) is 0 Å². The van der Waals surface area contributed by atoms with Crippen LogP contribution in [-0.2, 0) is 6.54 Å². The summed E-state index contributed by atoms with van der Waals surface area (Å²) < 4.78 is 5.62. The molecule has 0 amide bonds. The minimum atomic E-state index is 0.638. The number of allylic oxidation sites excluding steroid dienone is 5. The molecule has 1 aromatic carbocycles. The van der Waals surface area contributed by atoms with Crippen molar-refractivity contribution in [2.75, 3.05) is 0 Å². The summed E-state index contributed by atoms with van der Waals surface area (Å²) in [7, 11) is 0. The van der Waals surface area contributed by atoms with Gasteiger partial charge in [0.1, 0.15) is 11.5 Å². The molecule has 1 aromatic rings. The lowest BCUT2D eigenvalue weighted by atomic mass is 10.2. The number of hydrogen-bond acceptors (Lipinski definition) is 2. The topological polar surface area (TPSA) is 21.3 Å². The summed E-state index contributed by atoms with van der Waals surface area (Å²) in [4.78, 5) is 2.58. The van der Waals surface area contributed by atoms with Gasteiger partial charge >= 0.3 is 0 Å². The zero-order valence-corrected chi connectivity index (χ0v) is 10.6. The predicted molar refractivity (Wildman–Crippen MR) is 72.9 cm³/mol. The molecule has 2 nitrogen and oxygen atoms in total. The number of hydrogen-bond donors (Lipinski definition) is 1. The van der Waals surface area contributed by atoms with Gasteiger partial charge in [-0.1, -0.05) is 36.9 Å². The molecule has 0 atom stereocenters. The Labute approximate surface area is 107 Å². The largest absolute Gasteiger partial charge is 0.462 e. The smallest absolute Gasteiger partial charge is 0.126 e. The molecule has 0 aliphatic rings. The quantitative estimate of drug-likeness (QED) is 0.468. The molecule has 0 aliphatic carbocycles. The molecule has 0 saturated carbocycles. The van der Waals surface area contributed by atoms with E-state index in [1.54, 1.807) is 6.08 Å². The SMILES string of the molecule is C=C/C=C\C=C(/C)Oc1ccc(CNCl)cc1. The van der Waals surface area contributed by atoms with Gasteiger partial charge in [-0.15, -0.1) is 0 Å². The van der Waals surface area contributed by atoms with Crippen molar-refractivity contribution >= 4 is 11.8 Å². The Bertz CT molecular complexity index is 407. The fraction of sp³-hybridized carbons (Fsp3) is 0.143. The zero-order valence-electron chi connectivity index (χ0n) is 9.82. The van der Waals surface area contributed by atoms with Gasteiger partial charge in [-0.05, 0) is 42.5 Å². The molecule has 90 valence electrons. The summed E-state index contributed by atoms with van der Waals surface area (Å²) in [5.74, 6) is 1.63. The third kappa shape index (κ3) is 5.38. The first-order valence-corrected chi connectivity index (χ1v) is 5.70. The molecule has 0 aliphatic heterocycles. The highest BCUT2D eigenvalue weighted by Crippen LogP contribution is 2.15. The van der Waals surface area contributed by atoms with Gasteiger partial charge in [0.25, 0.3) is 0 Å². The fourth-order valence-electron chi connectivity index (χ4n) is 1.24. The first-order valence-electron chi connectivity index (χ1n) is 5.32. The number of halogens is 1. The molecule has 0 bridgehead atoms. The van der Waals surface area contributed by atoms with Crippen LogP contribution < -0.4 is 9.57 Å². The number of nitrogens with one attached hydrogen (secondary N) is 1. The summed E-state index contributed by atoms with van der Waals surface area (Å²) >= 11 is 5.43. The van der Waals surface area contributed by atoms with Gasteiger partial charge < -0.3 is 4.74 Å². The molecule has 0 spiro atoms. The van der Waals surface area contributed by atoms with E-state index in [1.807, 2.05) is 49.4 Å². The second-order valence-corrected chi connectivity index (χ2v) is 3.72. The highest BCUT2D eigenvalue weighted by molar-refractivity contribution is 6.13. The Balaban J connectivity index is 2.59. The molecule has 0 aromatic heterocycles. The molecule has 0 unspecified atom stereocenters. The van der Waals surface area contributed by atoms with Crippen LogP contribution in [0.1, 0.15) is 12.5 Å². The van der Waals surface area contributed by atoms with Crippen LogP contribution >= 0.6 is 11.8 Å². The third-order valence-electron chi connectivity index (χ3n) is 2.05. The molecule has 3 heteroatoms. The molecule has 0 saturated heterocycles. The van der Waals surface area contributed by atoms with Crippen LogP contribution in [0.3, 0.4) is 0 Å². The summed E-state index contributed by atoms with van der Waals surface area (Å²) in [6.07, 6.45) is 7.34. The molecule has 0 radical (unpaired) electrons. The molecule has 1 rings (SSSR count). The van der Waals surface area contributed by atoms with Crippen LogP contribution in [0.15, 0.2) is 60.9 Å². The van der Waals surface area contributed by atoms with Gasteiger partial charge in [-0.25, -0.2) is 4.84 Å². The summed E-state index contributed by atoms with van der Waals surface area (Å²) in [6, 6.07) is 7.77.